The zero-order valence-electron chi connectivity index (χ0n) is 13.7. The molecule has 0 radical (unpaired) electrons. The highest BCUT2D eigenvalue weighted by atomic mass is 16.6. The SMILES string of the molecule is CC(=NNc1ccc([N+](=O)[O-])cc1)c1ccc(-c2ccccc2)cc1. The largest absolute Gasteiger partial charge is 0.278 e. The van der Waals surface area contributed by atoms with E-state index in [1.165, 1.54) is 17.7 Å². The van der Waals surface area contributed by atoms with Crippen molar-refractivity contribution in [2.24, 2.45) is 5.10 Å². The number of hydrogen-bond donors (Lipinski definition) is 1. The molecule has 25 heavy (non-hydrogen) atoms. The fourth-order valence-electron chi connectivity index (χ4n) is 2.41. The smallest absolute Gasteiger partial charge is 0.269 e. The summed E-state index contributed by atoms with van der Waals surface area (Å²) < 4.78 is 0. The monoisotopic (exact) mass is 331 g/mol. The molecule has 0 aliphatic carbocycles. The fourth-order valence-corrected chi connectivity index (χ4v) is 2.41. The van der Waals surface area contributed by atoms with Crippen LogP contribution in [0.4, 0.5) is 11.4 Å². The van der Waals surface area contributed by atoms with Crippen molar-refractivity contribution in [2.75, 3.05) is 5.43 Å². The molecule has 0 saturated carbocycles. The van der Waals surface area contributed by atoms with E-state index in [1.54, 1.807) is 12.1 Å². The maximum absolute atomic E-state index is 10.7. The molecule has 0 spiro atoms. The van der Waals surface area contributed by atoms with Crippen LogP contribution < -0.4 is 5.43 Å². The van der Waals surface area contributed by atoms with Gasteiger partial charge in [-0.2, -0.15) is 5.10 Å². The topological polar surface area (TPSA) is 67.5 Å². The lowest BCUT2D eigenvalue weighted by molar-refractivity contribution is -0.384. The summed E-state index contributed by atoms with van der Waals surface area (Å²) in [6.07, 6.45) is 0. The van der Waals surface area contributed by atoms with Gasteiger partial charge in [0.2, 0.25) is 0 Å². The molecule has 5 heteroatoms. The molecule has 0 atom stereocenters. The quantitative estimate of drug-likeness (QED) is 0.402. The molecule has 3 rings (SSSR count). The fraction of sp³-hybridized carbons (Fsp3) is 0.0500. The molecule has 3 aromatic rings. The van der Waals surface area contributed by atoms with Gasteiger partial charge in [-0.05, 0) is 35.7 Å². The van der Waals surface area contributed by atoms with Crippen LogP contribution in [-0.2, 0) is 0 Å². The lowest BCUT2D eigenvalue weighted by atomic mass is 10.0. The average molecular weight is 331 g/mol. The molecule has 124 valence electrons. The Balaban J connectivity index is 1.70. The van der Waals surface area contributed by atoms with E-state index in [1.807, 2.05) is 37.3 Å². The van der Waals surface area contributed by atoms with Gasteiger partial charge < -0.3 is 0 Å². The molecular weight excluding hydrogens is 314 g/mol. The minimum atomic E-state index is -0.424. The molecule has 3 aromatic carbocycles. The van der Waals surface area contributed by atoms with Gasteiger partial charge in [0.25, 0.3) is 5.69 Å². The minimum absolute atomic E-state index is 0.0581. The van der Waals surface area contributed by atoms with Crippen LogP contribution in [0.5, 0.6) is 0 Å². The highest BCUT2D eigenvalue weighted by Crippen LogP contribution is 2.20. The van der Waals surface area contributed by atoms with Crippen LogP contribution >= 0.6 is 0 Å². The summed E-state index contributed by atoms with van der Waals surface area (Å²) in [5, 5.41) is 15.0. The molecule has 0 aromatic heterocycles. The summed E-state index contributed by atoms with van der Waals surface area (Å²) in [5.74, 6) is 0. The van der Waals surface area contributed by atoms with Gasteiger partial charge in [0.1, 0.15) is 0 Å². The Kier molecular flexibility index (Phi) is 4.85. The number of anilines is 1. The number of nitrogens with zero attached hydrogens (tertiary/aromatic N) is 2. The van der Waals surface area contributed by atoms with Crippen molar-refractivity contribution in [1.29, 1.82) is 0 Å². The third-order valence-electron chi connectivity index (χ3n) is 3.84. The molecule has 0 heterocycles. The number of rotatable bonds is 5. The van der Waals surface area contributed by atoms with Gasteiger partial charge in [0.05, 0.1) is 16.3 Å². The maximum Gasteiger partial charge on any atom is 0.269 e. The Morgan fingerprint density at radius 1 is 0.880 bits per heavy atom. The van der Waals surface area contributed by atoms with Crippen molar-refractivity contribution in [3.63, 3.8) is 0 Å². The van der Waals surface area contributed by atoms with Crippen LogP contribution in [0.25, 0.3) is 11.1 Å². The molecular formula is C20H17N3O2. The Morgan fingerprint density at radius 2 is 1.48 bits per heavy atom. The van der Waals surface area contributed by atoms with Crippen LogP contribution in [-0.4, -0.2) is 10.6 Å². The summed E-state index contributed by atoms with van der Waals surface area (Å²) in [6, 6.07) is 24.5. The normalized spacial score (nSPS) is 11.2. The Labute approximate surface area is 145 Å². The maximum atomic E-state index is 10.7. The minimum Gasteiger partial charge on any atom is -0.278 e. The van der Waals surface area contributed by atoms with Crippen LogP contribution in [0.3, 0.4) is 0 Å². The molecule has 0 aliphatic rings. The van der Waals surface area contributed by atoms with E-state index in [-0.39, 0.29) is 5.69 Å². The molecule has 0 amide bonds. The van der Waals surface area contributed by atoms with E-state index in [0.29, 0.717) is 5.69 Å². The predicted octanol–water partition coefficient (Wildman–Crippen LogP) is 5.10. The molecule has 0 aliphatic heterocycles. The van der Waals surface area contributed by atoms with Crippen LogP contribution in [0, 0.1) is 10.1 Å². The third kappa shape index (κ3) is 4.09. The first-order valence-corrected chi connectivity index (χ1v) is 7.84. The van der Waals surface area contributed by atoms with Crippen LogP contribution in [0.15, 0.2) is 84.0 Å². The van der Waals surface area contributed by atoms with Crippen molar-refractivity contribution in [2.45, 2.75) is 6.92 Å². The second-order valence-corrected chi connectivity index (χ2v) is 5.56. The highest BCUT2D eigenvalue weighted by Gasteiger charge is 2.04. The van der Waals surface area contributed by atoms with Crippen molar-refractivity contribution in [3.8, 4) is 11.1 Å². The van der Waals surface area contributed by atoms with E-state index >= 15 is 0 Å². The van der Waals surface area contributed by atoms with E-state index < -0.39 is 4.92 Å². The summed E-state index contributed by atoms with van der Waals surface area (Å²) in [5.41, 5.74) is 7.85. The summed E-state index contributed by atoms with van der Waals surface area (Å²) in [7, 11) is 0. The Morgan fingerprint density at radius 3 is 2.08 bits per heavy atom. The summed E-state index contributed by atoms with van der Waals surface area (Å²) in [6.45, 7) is 1.91. The second kappa shape index (κ2) is 7.40. The van der Waals surface area contributed by atoms with Gasteiger partial charge in [-0.25, -0.2) is 0 Å². The zero-order valence-corrected chi connectivity index (χ0v) is 13.7. The van der Waals surface area contributed by atoms with Crippen molar-refractivity contribution < 1.29 is 4.92 Å². The first-order valence-electron chi connectivity index (χ1n) is 7.84. The van der Waals surface area contributed by atoms with Gasteiger partial charge >= 0.3 is 0 Å². The van der Waals surface area contributed by atoms with Crippen molar-refractivity contribution >= 4 is 17.1 Å². The predicted molar refractivity (Wildman–Crippen MR) is 101 cm³/mol. The number of benzene rings is 3. The van der Waals surface area contributed by atoms with E-state index in [2.05, 4.69) is 34.8 Å². The number of hydrogen-bond acceptors (Lipinski definition) is 4. The van der Waals surface area contributed by atoms with E-state index in [0.717, 1.165) is 16.8 Å². The standard InChI is InChI=1S/C20H17N3O2/c1-15(21-22-19-11-13-20(14-12-19)23(24)25)16-7-9-18(10-8-16)17-5-3-2-4-6-17/h2-14,22H,1H3. The van der Waals surface area contributed by atoms with Gasteiger partial charge in [-0.3, -0.25) is 15.5 Å². The number of non-ortho nitro benzene ring substituents is 1. The molecule has 1 N–H and O–H groups in total. The van der Waals surface area contributed by atoms with Gasteiger partial charge in [-0.1, -0.05) is 54.6 Å². The number of nitrogens with one attached hydrogen (secondary N) is 1. The summed E-state index contributed by atoms with van der Waals surface area (Å²) >= 11 is 0. The summed E-state index contributed by atoms with van der Waals surface area (Å²) in [4.78, 5) is 10.2. The lowest BCUT2D eigenvalue weighted by Crippen LogP contribution is -1.99. The molecule has 0 fully saturated rings. The zero-order chi connectivity index (χ0) is 17.6. The molecule has 0 bridgehead atoms. The highest BCUT2D eigenvalue weighted by molar-refractivity contribution is 5.99. The van der Waals surface area contributed by atoms with E-state index in [4.69, 9.17) is 0 Å². The lowest BCUT2D eigenvalue weighted by Gasteiger charge is -2.06. The number of nitro groups is 1. The Hall–Kier alpha value is -3.47. The third-order valence-corrected chi connectivity index (χ3v) is 3.84. The van der Waals surface area contributed by atoms with Crippen LogP contribution in [0.1, 0.15) is 12.5 Å². The molecule has 5 nitrogen and oxygen atoms in total. The van der Waals surface area contributed by atoms with E-state index in [9.17, 15) is 10.1 Å². The van der Waals surface area contributed by atoms with Crippen molar-refractivity contribution in [3.05, 3.63) is 94.5 Å². The Bertz CT molecular complexity index is 886. The molecule has 0 saturated heterocycles. The average Bonchev–Trinajstić information content (AvgIpc) is 2.67. The van der Waals surface area contributed by atoms with Crippen LogP contribution in [0.2, 0.25) is 0 Å². The van der Waals surface area contributed by atoms with Gasteiger partial charge in [0, 0.05) is 12.1 Å². The van der Waals surface area contributed by atoms with Gasteiger partial charge in [-0.15, -0.1) is 0 Å². The van der Waals surface area contributed by atoms with Crippen molar-refractivity contribution in [1.82, 2.24) is 0 Å². The molecule has 0 unspecified atom stereocenters. The first kappa shape index (κ1) is 16.4. The number of nitro benzene ring substituents is 1. The number of hydrazone groups is 1. The van der Waals surface area contributed by atoms with Gasteiger partial charge in [0.15, 0.2) is 0 Å². The second-order valence-electron chi connectivity index (χ2n) is 5.56. The first-order chi connectivity index (χ1) is 12.1.